The van der Waals surface area contributed by atoms with Crippen molar-refractivity contribution in [1.29, 1.82) is 5.26 Å². The molecule has 17 heavy (non-hydrogen) atoms. The van der Waals surface area contributed by atoms with E-state index in [2.05, 4.69) is 5.10 Å². The van der Waals surface area contributed by atoms with Crippen LogP contribution in [0.25, 0.3) is 0 Å². The van der Waals surface area contributed by atoms with Crippen LogP contribution in [0, 0.1) is 24.2 Å². The van der Waals surface area contributed by atoms with Crippen molar-refractivity contribution in [3.8, 4) is 6.07 Å². The molecule has 1 saturated carbocycles. The second-order valence-corrected chi connectivity index (χ2v) is 5.92. The second-order valence-electron chi connectivity index (χ2n) is 4.44. The fourth-order valence-corrected chi connectivity index (χ4v) is 2.93. The molecule has 0 bridgehead atoms. The van der Waals surface area contributed by atoms with Gasteiger partial charge in [0.1, 0.15) is 11.6 Å². The maximum absolute atomic E-state index is 11.6. The number of aromatic nitrogens is 2. The third-order valence-electron chi connectivity index (χ3n) is 3.11. The second kappa shape index (κ2) is 3.82. The van der Waals surface area contributed by atoms with E-state index in [0.717, 1.165) is 12.8 Å². The van der Waals surface area contributed by atoms with E-state index in [9.17, 15) is 8.42 Å². The third kappa shape index (κ3) is 2.06. The number of hydrogen-bond acceptors (Lipinski definition) is 4. The molecular formula is C10H14N4O2S. The highest BCUT2D eigenvalue weighted by atomic mass is 32.2. The minimum atomic E-state index is -3.93. The number of rotatable bonds is 3. The molecule has 1 heterocycles. The first-order valence-corrected chi connectivity index (χ1v) is 6.93. The van der Waals surface area contributed by atoms with Gasteiger partial charge < -0.3 is 0 Å². The molecule has 1 aromatic heterocycles. The third-order valence-corrected chi connectivity index (χ3v) is 4.04. The highest BCUT2D eigenvalue weighted by Gasteiger charge is 2.34. The van der Waals surface area contributed by atoms with Gasteiger partial charge in [0.15, 0.2) is 5.03 Å². The molecule has 1 fully saturated rings. The molecule has 2 rings (SSSR count). The van der Waals surface area contributed by atoms with Crippen LogP contribution in [0.15, 0.2) is 5.03 Å². The molecule has 1 aromatic rings. The first-order chi connectivity index (χ1) is 7.86. The molecule has 1 aliphatic rings. The maximum Gasteiger partial charge on any atom is 0.256 e. The summed E-state index contributed by atoms with van der Waals surface area (Å²) in [6.07, 6.45) is 2.12. The lowest BCUT2D eigenvalue weighted by Gasteiger charge is -2.13. The molecule has 0 spiro atoms. The van der Waals surface area contributed by atoms with Crippen LogP contribution in [0.3, 0.4) is 0 Å². The van der Waals surface area contributed by atoms with Crippen LogP contribution >= 0.6 is 0 Å². The van der Waals surface area contributed by atoms with E-state index in [1.54, 1.807) is 6.92 Å². The molecule has 0 aliphatic heterocycles. The Morgan fingerprint density at radius 1 is 1.59 bits per heavy atom. The average molecular weight is 254 g/mol. The number of sulfonamides is 1. The summed E-state index contributed by atoms with van der Waals surface area (Å²) in [5, 5.41) is 18.1. The summed E-state index contributed by atoms with van der Waals surface area (Å²) >= 11 is 0. The van der Waals surface area contributed by atoms with Crippen molar-refractivity contribution in [2.24, 2.45) is 11.1 Å². The molecule has 0 aromatic carbocycles. The van der Waals surface area contributed by atoms with Gasteiger partial charge in [0, 0.05) is 0 Å². The summed E-state index contributed by atoms with van der Waals surface area (Å²) in [4.78, 5) is 0. The van der Waals surface area contributed by atoms with E-state index in [4.69, 9.17) is 10.4 Å². The Morgan fingerprint density at radius 3 is 2.59 bits per heavy atom. The highest BCUT2D eigenvalue weighted by molar-refractivity contribution is 7.89. The van der Waals surface area contributed by atoms with Gasteiger partial charge in [-0.2, -0.15) is 10.4 Å². The Bertz CT molecular complexity index is 593. The van der Waals surface area contributed by atoms with E-state index >= 15 is 0 Å². The Labute approximate surface area is 100 Å². The molecule has 0 amide bonds. The average Bonchev–Trinajstić information content (AvgIpc) is 2.99. The van der Waals surface area contributed by atoms with Gasteiger partial charge in [0.25, 0.3) is 10.0 Å². The zero-order chi connectivity index (χ0) is 12.8. The van der Waals surface area contributed by atoms with Crippen molar-refractivity contribution < 1.29 is 8.42 Å². The zero-order valence-corrected chi connectivity index (χ0v) is 10.5. The van der Waals surface area contributed by atoms with E-state index in [-0.39, 0.29) is 16.6 Å². The van der Waals surface area contributed by atoms with Gasteiger partial charge in [-0.05, 0) is 32.6 Å². The number of hydrogen-bond donors (Lipinski definition) is 1. The van der Waals surface area contributed by atoms with Crippen LogP contribution in [0.1, 0.15) is 37.1 Å². The SMILES string of the molecule is Cc1nn(C(C)C2CC2)c(S(N)(=O)=O)c1C#N. The molecule has 92 valence electrons. The smallest absolute Gasteiger partial charge is 0.248 e. The minimum absolute atomic E-state index is 0.0378. The number of nitrogens with two attached hydrogens (primary N) is 1. The van der Waals surface area contributed by atoms with E-state index in [1.807, 2.05) is 13.0 Å². The highest BCUT2D eigenvalue weighted by Crippen LogP contribution is 2.40. The number of aryl methyl sites for hydroxylation is 1. The van der Waals surface area contributed by atoms with E-state index in [0.29, 0.717) is 11.6 Å². The largest absolute Gasteiger partial charge is 0.256 e. The van der Waals surface area contributed by atoms with Crippen LogP contribution in [-0.4, -0.2) is 18.2 Å². The molecule has 1 aliphatic carbocycles. The quantitative estimate of drug-likeness (QED) is 0.856. The Kier molecular flexibility index (Phi) is 2.72. The van der Waals surface area contributed by atoms with Gasteiger partial charge in [-0.3, -0.25) is 0 Å². The molecule has 1 unspecified atom stereocenters. The van der Waals surface area contributed by atoms with Gasteiger partial charge in [-0.15, -0.1) is 0 Å². The number of nitriles is 1. The standard InChI is InChI=1S/C10H14N4O2S/c1-6-9(5-11)10(17(12,15)16)14(13-6)7(2)8-3-4-8/h7-8H,3-4H2,1-2H3,(H2,12,15,16). The molecule has 2 N–H and O–H groups in total. The van der Waals surface area contributed by atoms with Gasteiger partial charge in [0.2, 0.25) is 0 Å². The van der Waals surface area contributed by atoms with Crippen LogP contribution in [-0.2, 0) is 10.0 Å². The first kappa shape index (κ1) is 12.1. The Hall–Kier alpha value is -1.39. The fourth-order valence-electron chi connectivity index (χ4n) is 1.98. The minimum Gasteiger partial charge on any atom is -0.248 e. The summed E-state index contributed by atoms with van der Waals surface area (Å²) in [5.41, 5.74) is 0.462. The lowest BCUT2D eigenvalue weighted by atomic mass is 10.2. The summed E-state index contributed by atoms with van der Waals surface area (Å²) in [7, 11) is -3.93. The van der Waals surface area contributed by atoms with Crippen LogP contribution in [0.4, 0.5) is 0 Å². The molecule has 6 nitrogen and oxygen atoms in total. The first-order valence-electron chi connectivity index (χ1n) is 5.38. The predicted molar refractivity (Wildman–Crippen MR) is 60.5 cm³/mol. The van der Waals surface area contributed by atoms with E-state index in [1.165, 1.54) is 4.68 Å². The monoisotopic (exact) mass is 254 g/mol. The van der Waals surface area contributed by atoms with Gasteiger partial charge in [-0.25, -0.2) is 18.2 Å². The van der Waals surface area contributed by atoms with E-state index < -0.39 is 10.0 Å². The number of primary sulfonamides is 1. The lowest BCUT2D eigenvalue weighted by molar-refractivity contribution is 0.403. The van der Waals surface area contributed by atoms with Crippen molar-refractivity contribution in [3.05, 3.63) is 11.3 Å². The summed E-state index contributed by atoms with van der Waals surface area (Å²) < 4.78 is 24.5. The van der Waals surface area contributed by atoms with Crippen LogP contribution in [0.5, 0.6) is 0 Å². The van der Waals surface area contributed by atoms with Crippen molar-refractivity contribution in [2.45, 2.75) is 37.8 Å². The molecule has 7 heteroatoms. The fraction of sp³-hybridized carbons (Fsp3) is 0.600. The molecular weight excluding hydrogens is 240 g/mol. The van der Waals surface area contributed by atoms with Crippen molar-refractivity contribution >= 4 is 10.0 Å². The molecule has 0 radical (unpaired) electrons. The van der Waals surface area contributed by atoms with Crippen molar-refractivity contribution in [3.63, 3.8) is 0 Å². The summed E-state index contributed by atoms with van der Waals surface area (Å²) in [6.45, 7) is 3.52. The van der Waals surface area contributed by atoms with Gasteiger partial charge in [-0.1, -0.05) is 0 Å². The normalized spacial score (nSPS) is 17.8. The molecule has 1 atom stereocenters. The van der Waals surface area contributed by atoms with Crippen LogP contribution < -0.4 is 5.14 Å². The summed E-state index contributed by atoms with van der Waals surface area (Å²) in [5.74, 6) is 0.432. The van der Waals surface area contributed by atoms with Gasteiger partial charge in [0.05, 0.1) is 11.7 Å². The number of nitrogens with zero attached hydrogens (tertiary/aromatic N) is 3. The predicted octanol–water partition coefficient (Wildman–Crippen LogP) is 0.682. The zero-order valence-electron chi connectivity index (χ0n) is 9.71. The lowest BCUT2D eigenvalue weighted by Crippen LogP contribution is -2.21. The summed E-state index contributed by atoms with van der Waals surface area (Å²) in [6, 6.07) is 1.82. The maximum atomic E-state index is 11.6. The van der Waals surface area contributed by atoms with Gasteiger partial charge >= 0.3 is 0 Å². The van der Waals surface area contributed by atoms with Crippen molar-refractivity contribution in [1.82, 2.24) is 9.78 Å². The van der Waals surface area contributed by atoms with Crippen LogP contribution in [0.2, 0.25) is 0 Å². The topological polar surface area (TPSA) is 102 Å². The Balaban J connectivity index is 2.64. The van der Waals surface area contributed by atoms with Crippen molar-refractivity contribution in [2.75, 3.05) is 0 Å². The molecule has 0 saturated heterocycles. The Morgan fingerprint density at radius 2 is 2.18 bits per heavy atom.